The average molecular weight is 254 g/mol. The zero-order chi connectivity index (χ0) is 13.5. The molecule has 0 aromatic carbocycles. The first-order chi connectivity index (χ1) is 8.50. The minimum atomic E-state index is -1.23. The summed E-state index contributed by atoms with van der Waals surface area (Å²) in [6.07, 6.45) is 0.962. The molecule has 0 amide bonds. The van der Waals surface area contributed by atoms with Crippen molar-refractivity contribution in [2.24, 2.45) is 0 Å². The Labute approximate surface area is 104 Å². The van der Waals surface area contributed by atoms with Crippen LogP contribution < -0.4 is 5.32 Å². The van der Waals surface area contributed by atoms with E-state index in [1.165, 1.54) is 0 Å². The van der Waals surface area contributed by atoms with E-state index in [1.807, 2.05) is 6.92 Å². The Balaban J connectivity index is 2.51. The maximum Gasteiger partial charge on any atom is 0.339 e. The van der Waals surface area contributed by atoms with E-state index in [9.17, 15) is 9.18 Å². The van der Waals surface area contributed by atoms with Crippen molar-refractivity contribution in [3.63, 3.8) is 0 Å². The summed E-state index contributed by atoms with van der Waals surface area (Å²) in [5.74, 6) is -1.79. The fraction of sp³-hybridized carbons (Fsp3) is 0.333. The molecule has 0 saturated carbocycles. The number of pyridine rings is 1. The number of rotatable bonds is 7. The Morgan fingerprint density at radius 1 is 1.67 bits per heavy atom. The molecule has 98 valence electrons. The maximum absolute atomic E-state index is 12.9. The number of nitrogens with one attached hydrogen (secondary N) is 1. The molecule has 1 rings (SSSR count). The number of hydrogen-bond donors (Lipinski definition) is 2. The highest BCUT2D eigenvalue weighted by Crippen LogP contribution is 2.13. The molecule has 0 aliphatic carbocycles. The van der Waals surface area contributed by atoms with Crippen LogP contribution in [0.3, 0.4) is 0 Å². The molecule has 6 heteroatoms. The molecule has 0 saturated heterocycles. The summed E-state index contributed by atoms with van der Waals surface area (Å²) in [4.78, 5) is 14.6. The van der Waals surface area contributed by atoms with Gasteiger partial charge < -0.3 is 15.2 Å². The summed E-state index contributed by atoms with van der Waals surface area (Å²) in [6.45, 7) is 6.74. The van der Waals surface area contributed by atoms with E-state index >= 15 is 0 Å². The fourth-order valence-electron chi connectivity index (χ4n) is 1.23. The normalized spacial score (nSPS) is 10.1. The van der Waals surface area contributed by atoms with E-state index in [1.54, 1.807) is 0 Å². The molecule has 0 atom stereocenters. The van der Waals surface area contributed by atoms with Crippen LogP contribution in [0.25, 0.3) is 0 Å². The van der Waals surface area contributed by atoms with Crippen molar-refractivity contribution in [2.45, 2.75) is 6.92 Å². The van der Waals surface area contributed by atoms with E-state index in [-0.39, 0.29) is 11.4 Å². The molecule has 1 heterocycles. The van der Waals surface area contributed by atoms with Crippen LogP contribution in [0.15, 0.2) is 24.4 Å². The molecule has 0 aliphatic heterocycles. The van der Waals surface area contributed by atoms with Crippen molar-refractivity contribution in [3.8, 4) is 0 Å². The van der Waals surface area contributed by atoms with Gasteiger partial charge in [0.2, 0.25) is 0 Å². The van der Waals surface area contributed by atoms with E-state index in [2.05, 4.69) is 16.9 Å². The number of hydrogen-bond acceptors (Lipinski definition) is 4. The highest BCUT2D eigenvalue weighted by Gasteiger charge is 2.12. The lowest BCUT2D eigenvalue weighted by atomic mass is 10.2. The Bertz CT molecular complexity index is 449. The third kappa shape index (κ3) is 4.50. The van der Waals surface area contributed by atoms with E-state index < -0.39 is 11.8 Å². The van der Waals surface area contributed by atoms with Crippen molar-refractivity contribution in [3.05, 3.63) is 35.8 Å². The van der Waals surface area contributed by atoms with Crippen LogP contribution in [0.4, 0.5) is 10.2 Å². The lowest BCUT2D eigenvalue weighted by Crippen LogP contribution is -2.14. The molecule has 0 radical (unpaired) electrons. The van der Waals surface area contributed by atoms with Gasteiger partial charge in [0.15, 0.2) is 0 Å². The van der Waals surface area contributed by atoms with Crippen LogP contribution in [0.2, 0.25) is 0 Å². The van der Waals surface area contributed by atoms with Gasteiger partial charge in [-0.1, -0.05) is 12.2 Å². The number of carboxylic acid groups (broad SMARTS) is 1. The number of ether oxygens (including phenoxy) is 1. The molecule has 1 aromatic heterocycles. The molecule has 0 fully saturated rings. The number of aromatic nitrogens is 1. The number of halogens is 1. The smallest absolute Gasteiger partial charge is 0.339 e. The molecule has 0 spiro atoms. The number of nitrogens with zero attached hydrogens (tertiary/aromatic N) is 1. The Kier molecular flexibility index (Phi) is 5.26. The molecule has 1 aromatic rings. The van der Waals surface area contributed by atoms with Crippen molar-refractivity contribution >= 4 is 11.8 Å². The molecule has 2 N–H and O–H groups in total. The molecular formula is C12H15FN2O3. The predicted octanol–water partition coefficient (Wildman–Crippen LogP) is 1.92. The SMILES string of the molecule is C=C(C)COCCNc1ncc(F)cc1C(=O)O. The summed E-state index contributed by atoms with van der Waals surface area (Å²) in [6, 6.07) is 0.923. The Morgan fingerprint density at radius 2 is 2.39 bits per heavy atom. The van der Waals surface area contributed by atoms with Crippen molar-refractivity contribution in [1.82, 2.24) is 4.98 Å². The van der Waals surface area contributed by atoms with Crippen LogP contribution >= 0.6 is 0 Å². The van der Waals surface area contributed by atoms with E-state index in [0.717, 1.165) is 17.8 Å². The fourth-order valence-corrected chi connectivity index (χ4v) is 1.23. The van der Waals surface area contributed by atoms with Gasteiger partial charge in [0.25, 0.3) is 0 Å². The van der Waals surface area contributed by atoms with Crippen molar-refractivity contribution < 1.29 is 19.0 Å². The maximum atomic E-state index is 12.9. The topological polar surface area (TPSA) is 71.5 Å². The summed E-state index contributed by atoms with van der Waals surface area (Å²) in [7, 11) is 0. The first kappa shape index (κ1) is 14.1. The van der Waals surface area contributed by atoms with Gasteiger partial charge in [-0.05, 0) is 13.0 Å². The summed E-state index contributed by atoms with van der Waals surface area (Å²) in [5, 5.41) is 11.7. The summed E-state index contributed by atoms with van der Waals surface area (Å²) < 4.78 is 18.1. The van der Waals surface area contributed by atoms with Gasteiger partial charge >= 0.3 is 5.97 Å². The highest BCUT2D eigenvalue weighted by molar-refractivity contribution is 5.93. The van der Waals surface area contributed by atoms with Crippen LogP contribution in [-0.4, -0.2) is 35.8 Å². The second kappa shape index (κ2) is 6.70. The number of carbonyl (C=O) groups is 1. The second-order valence-electron chi connectivity index (χ2n) is 3.79. The minimum Gasteiger partial charge on any atom is -0.478 e. The van der Waals surface area contributed by atoms with Gasteiger partial charge in [0, 0.05) is 6.54 Å². The zero-order valence-corrected chi connectivity index (χ0v) is 10.1. The van der Waals surface area contributed by atoms with Gasteiger partial charge in [-0.2, -0.15) is 0 Å². The minimum absolute atomic E-state index is 0.128. The highest BCUT2D eigenvalue weighted by atomic mass is 19.1. The number of anilines is 1. The van der Waals surface area contributed by atoms with E-state index in [0.29, 0.717) is 19.8 Å². The van der Waals surface area contributed by atoms with Crippen molar-refractivity contribution in [2.75, 3.05) is 25.1 Å². The lowest BCUT2D eigenvalue weighted by Gasteiger charge is -2.09. The van der Waals surface area contributed by atoms with Crippen LogP contribution in [0.1, 0.15) is 17.3 Å². The number of carboxylic acids is 1. The second-order valence-corrected chi connectivity index (χ2v) is 3.79. The quantitative estimate of drug-likeness (QED) is 0.574. The van der Waals surface area contributed by atoms with Gasteiger partial charge in [-0.25, -0.2) is 14.2 Å². The lowest BCUT2D eigenvalue weighted by molar-refractivity contribution is 0.0697. The van der Waals surface area contributed by atoms with Crippen LogP contribution in [-0.2, 0) is 4.74 Å². The molecule has 5 nitrogen and oxygen atoms in total. The van der Waals surface area contributed by atoms with Gasteiger partial charge in [0.05, 0.1) is 19.4 Å². The zero-order valence-electron chi connectivity index (χ0n) is 10.1. The Hall–Kier alpha value is -1.95. The number of aromatic carboxylic acids is 1. The first-order valence-corrected chi connectivity index (χ1v) is 5.35. The molecule has 0 unspecified atom stereocenters. The van der Waals surface area contributed by atoms with Crippen LogP contribution in [0.5, 0.6) is 0 Å². The molecule has 0 bridgehead atoms. The molecule has 0 aliphatic rings. The van der Waals surface area contributed by atoms with Crippen LogP contribution in [0, 0.1) is 5.82 Å². The molecular weight excluding hydrogens is 239 g/mol. The third-order valence-corrected chi connectivity index (χ3v) is 1.97. The summed E-state index contributed by atoms with van der Waals surface area (Å²) in [5.41, 5.74) is 0.705. The predicted molar refractivity (Wildman–Crippen MR) is 65.3 cm³/mol. The monoisotopic (exact) mass is 254 g/mol. The first-order valence-electron chi connectivity index (χ1n) is 5.35. The summed E-state index contributed by atoms with van der Waals surface area (Å²) >= 11 is 0. The van der Waals surface area contributed by atoms with Gasteiger partial charge in [-0.15, -0.1) is 0 Å². The molecule has 18 heavy (non-hydrogen) atoms. The van der Waals surface area contributed by atoms with Crippen molar-refractivity contribution in [1.29, 1.82) is 0 Å². The average Bonchev–Trinajstić information content (AvgIpc) is 2.29. The largest absolute Gasteiger partial charge is 0.478 e. The Morgan fingerprint density at radius 3 is 3.00 bits per heavy atom. The van der Waals surface area contributed by atoms with Gasteiger partial charge in [0.1, 0.15) is 17.2 Å². The van der Waals surface area contributed by atoms with E-state index in [4.69, 9.17) is 9.84 Å². The standard InChI is InChI=1S/C12H15FN2O3/c1-8(2)7-18-4-3-14-11-10(12(16)17)5-9(13)6-15-11/h5-6H,1,3-4,7H2,2H3,(H,14,15)(H,16,17). The third-order valence-electron chi connectivity index (χ3n) is 1.97. The van der Waals surface area contributed by atoms with Gasteiger partial charge in [-0.3, -0.25) is 0 Å².